The van der Waals surface area contributed by atoms with Crippen LogP contribution in [-0.2, 0) is 16.1 Å². The van der Waals surface area contributed by atoms with Crippen LogP contribution < -0.4 is 0 Å². The second-order valence-electron chi connectivity index (χ2n) is 6.64. The van der Waals surface area contributed by atoms with Gasteiger partial charge in [-0.3, -0.25) is 14.5 Å². The normalized spacial score (nSPS) is 15.6. The van der Waals surface area contributed by atoms with E-state index in [1.165, 1.54) is 28.0 Å². The SMILES string of the molecule is O=C(O)CCCN1C(=O)/C(=C\c2cn(Cc3cnc(Cl)s3)c3ccccc23)SC1=S. The Morgan fingerprint density at radius 1 is 1.33 bits per heavy atom. The third-order valence-corrected chi connectivity index (χ3v) is 7.08. The van der Waals surface area contributed by atoms with Gasteiger partial charge in [0.05, 0.1) is 11.4 Å². The number of para-hydroxylation sites is 1. The zero-order valence-corrected chi connectivity index (χ0v) is 18.8. The average molecular weight is 478 g/mol. The number of carboxylic acid groups (broad SMARTS) is 1. The summed E-state index contributed by atoms with van der Waals surface area (Å²) >= 11 is 14.0. The highest BCUT2D eigenvalue weighted by molar-refractivity contribution is 8.26. The highest BCUT2D eigenvalue weighted by Gasteiger charge is 2.31. The molecule has 1 saturated heterocycles. The van der Waals surface area contributed by atoms with Crippen molar-refractivity contribution in [3.63, 3.8) is 0 Å². The standard InChI is InChI=1S/C20H16ClN3O3S3/c21-19-22-9-13(29-19)11-23-10-12(14-4-1-2-5-15(14)23)8-16-18(27)24(20(28)30-16)7-3-6-17(25)26/h1-2,4-5,8-10H,3,6-7,11H2,(H,25,26)/b16-8+. The van der Waals surface area contributed by atoms with Crippen molar-refractivity contribution in [1.29, 1.82) is 0 Å². The Balaban J connectivity index is 1.62. The molecule has 30 heavy (non-hydrogen) atoms. The number of hydrogen-bond acceptors (Lipinski definition) is 6. The first-order valence-electron chi connectivity index (χ1n) is 9.07. The molecule has 1 N–H and O–H groups in total. The number of halogens is 1. The summed E-state index contributed by atoms with van der Waals surface area (Å²) in [4.78, 5) is 30.7. The molecule has 154 valence electrons. The molecule has 1 aliphatic heterocycles. The van der Waals surface area contributed by atoms with E-state index in [0.717, 1.165) is 21.3 Å². The van der Waals surface area contributed by atoms with Crippen LogP contribution in [-0.4, -0.2) is 42.3 Å². The number of aliphatic carboxylic acids is 1. The fraction of sp³-hybridized carbons (Fsp3) is 0.200. The minimum absolute atomic E-state index is 0.00515. The van der Waals surface area contributed by atoms with Gasteiger partial charge in [-0.2, -0.15) is 0 Å². The van der Waals surface area contributed by atoms with Gasteiger partial charge in [-0.05, 0) is 18.6 Å². The van der Waals surface area contributed by atoms with Crippen molar-refractivity contribution >= 4 is 80.1 Å². The number of carbonyl (C=O) groups is 2. The van der Waals surface area contributed by atoms with Crippen LogP contribution in [0.4, 0.5) is 0 Å². The molecule has 1 aliphatic rings. The molecule has 1 amide bonds. The molecule has 0 unspecified atom stereocenters. The Kier molecular flexibility index (Phi) is 6.24. The van der Waals surface area contributed by atoms with Crippen molar-refractivity contribution in [2.24, 2.45) is 0 Å². The number of benzene rings is 1. The lowest BCUT2D eigenvalue weighted by Crippen LogP contribution is -2.29. The lowest BCUT2D eigenvalue weighted by molar-refractivity contribution is -0.137. The second-order valence-corrected chi connectivity index (χ2v) is 10.0. The van der Waals surface area contributed by atoms with Gasteiger partial charge in [0.1, 0.15) is 4.32 Å². The molecule has 1 fully saturated rings. The van der Waals surface area contributed by atoms with Crippen molar-refractivity contribution in [3.05, 3.63) is 56.5 Å². The third-order valence-electron chi connectivity index (χ3n) is 4.60. The number of carbonyl (C=O) groups excluding carboxylic acids is 1. The van der Waals surface area contributed by atoms with Crippen LogP contribution >= 0.6 is 46.9 Å². The van der Waals surface area contributed by atoms with Gasteiger partial charge in [0, 0.05) is 46.7 Å². The van der Waals surface area contributed by atoms with E-state index in [4.69, 9.17) is 28.9 Å². The van der Waals surface area contributed by atoms with E-state index in [2.05, 4.69) is 9.55 Å². The Labute approximate surface area is 191 Å². The van der Waals surface area contributed by atoms with Gasteiger partial charge < -0.3 is 9.67 Å². The molecular formula is C20H16ClN3O3S3. The van der Waals surface area contributed by atoms with Gasteiger partial charge in [-0.1, -0.05) is 53.8 Å². The fourth-order valence-electron chi connectivity index (χ4n) is 3.27. The van der Waals surface area contributed by atoms with Crippen molar-refractivity contribution in [2.75, 3.05) is 6.54 Å². The maximum absolute atomic E-state index is 12.8. The minimum Gasteiger partial charge on any atom is -0.481 e. The number of rotatable bonds is 7. The van der Waals surface area contributed by atoms with Gasteiger partial charge in [0.2, 0.25) is 0 Å². The number of thiazole rings is 1. The number of hydrogen-bond donors (Lipinski definition) is 1. The van der Waals surface area contributed by atoms with Crippen LogP contribution in [0, 0.1) is 0 Å². The summed E-state index contributed by atoms with van der Waals surface area (Å²) in [7, 11) is 0. The highest BCUT2D eigenvalue weighted by Crippen LogP contribution is 2.35. The topological polar surface area (TPSA) is 75.4 Å². The van der Waals surface area contributed by atoms with E-state index < -0.39 is 5.97 Å². The first-order chi connectivity index (χ1) is 14.4. The van der Waals surface area contributed by atoms with E-state index in [-0.39, 0.29) is 12.3 Å². The van der Waals surface area contributed by atoms with Crippen molar-refractivity contribution in [3.8, 4) is 0 Å². The Morgan fingerprint density at radius 2 is 2.13 bits per heavy atom. The molecule has 10 heteroatoms. The van der Waals surface area contributed by atoms with Gasteiger partial charge in [-0.25, -0.2) is 4.98 Å². The van der Waals surface area contributed by atoms with Crippen molar-refractivity contribution in [2.45, 2.75) is 19.4 Å². The van der Waals surface area contributed by atoms with Crippen LogP contribution in [0.3, 0.4) is 0 Å². The predicted octanol–water partition coefficient (Wildman–Crippen LogP) is 4.87. The van der Waals surface area contributed by atoms with Crippen molar-refractivity contribution < 1.29 is 14.7 Å². The first-order valence-corrected chi connectivity index (χ1v) is 11.5. The summed E-state index contributed by atoms with van der Waals surface area (Å²) < 4.78 is 3.08. The summed E-state index contributed by atoms with van der Waals surface area (Å²) in [6, 6.07) is 7.99. The summed E-state index contributed by atoms with van der Waals surface area (Å²) in [5.41, 5.74) is 1.97. The maximum Gasteiger partial charge on any atom is 0.303 e. The molecular weight excluding hydrogens is 462 g/mol. The second kappa shape index (κ2) is 8.89. The zero-order valence-electron chi connectivity index (χ0n) is 15.6. The zero-order chi connectivity index (χ0) is 21.3. The van der Waals surface area contributed by atoms with Crippen LogP contribution in [0.25, 0.3) is 17.0 Å². The molecule has 0 atom stereocenters. The molecule has 0 spiro atoms. The van der Waals surface area contributed by atoms with Crippen LogP contribution in [0.5, 0.6) is 0 Å². The fourth-order valence-corrected chi connectivity index (χ4v) is 5.54. The minimum atomic E-state index is -0.883. The smallest absolute Gasteiger partial charge is 0.303 e. The number of fused-ring (bicyclic) bond motifs is 1. The molecule has 0 saturated carbocycles. The van der Waals surface area contributed by atoms with E-state index in [9.17, 15) is 9.59 Å². The first kappa shape index (κ1) is 21.0. The van der Waals surface area contributed by atoms with E-state index in [1.807, 2.05) is 36.5 Å². The van der Waals surface area contributed by atoms with Gasteiger partial charge in [0.25, 0.3) is 5.91 Å². The molecule has 1 aromatic carbocycles. The summed E-state index contributed by atoms with van der Waals surface area (Å²) in [5.74, 6) is -1.06. The molecule has 3 aromatic rings. The average Bonchev–Trinajstić information content (AvgIpc) is 3.35. The van der Waals surface area contributed by atoms with Gasteiger partial charge in [0.15, 0.2) is 4.47 Å². The van der Waals surface area contributed by atoms with Crippen molar-refractivity contribution in [1.82, 2.24) is 14.5 Å². The summed E-state index contributed by atoms with van der Waals surface area (Å²) in [6.45, 7) is 0.942. The molecule has 0 bridgehead atoms. The van der Waals surface area contributed by atoms with Crippen LogP contribution in [0.2, 0.25) is 4.47 Å². The third kappa shape index (κ3) is 4.44. The highest BCUT2D eigenvalue weighted by atomic mass is 35.5. The Hall–Kier alpha value is -2.20. The molecule has 3 heterocycles. The number of carboxylic acids is 1. The summed E-state index contributed by atoms with van der Waals surface area (Å²) in [5, 5.41) is 9.84. The van der Waals surface area contributed by atoms with E-state index in [1.54, 1.807) is 6.20 Å². The Morgan fingerprint density at radius 3 is 2.87 bits per heavy atom. The molecule has 0 aliphatic carbocycles. The van der Waals surface area contributed by atoms with Crippen LogP contribution in [0.15, 0.2) is 41.6 Å². The predicted molar refractivity (Wildman–Crippen MR) is 125 cm³/mol. The molecule has 0 radical (unpaired) electrons. The Bertz CT molecular complexity index is 1180. The number of thiocarbonyl (C=S) groups is 1. The number of amides is 1. The number of nitrogens with zero attached hydrogens (tertiary/aromatic N) is 3. The quantitative estimate of drug-likeness (QED) is 0.386. The molecule has 2 aromatic heterocycles. The van der Waals surface area contributed by atoms with Gasteiger partial charge >= 0.3 is 5.97 Å². The largest absolute Gasteiger partial charge is 0.481 e. The lowest BCUT2D eigenvalue weighted by atomic mass is 10.1. The monoisotopic (exact) mass is 477 g/mol. The molecule has 4 rings (SSSR count). The van der Waals surface area contributed by atoms with Gasteiger partial charge in [-0.15, -0.1) is 11.3 Å². The van der Waals surface area contributed by atoms with Crippen LogP contribution in [0.1, 0.15) is 23.3 Å². The van der Waals surface area contributed by atoms with E-state index in [0.29, 0.717) is 33.2 Å². The number of aromatic nitrogens is 2. The molecule has 6 nitrogen and oxygen atoms in total. The number of thioether (sulfide) groups is 1. The maximum atomic E-state index is 12.8. The lowest BCUT2D eigenvalue weighted by Gasteiger charge is -2.13. The van der Waals surface area contributed by atoms with E-state index >= 15 is 0 Å². The summed E-state index contributed by atoms with van der Waals surface area (Å²) in [6.07, 6.45) is 6.00.